The van der Waals surface area contributed by atoms with Crippen LogP contribution in [-0.4, -0.2) is 54.1 Å². The lowest BCUT2D eigenvalue weighted by atomic mass is 10.0. The number of hydrogen-bond acceptors (Lipinski definition) is 6. The number of carbonyl (C=O) groups is 2. The number of fused-ring (bicyclic) bond motifs is 1. The normalized spacial score (nSPS) is 16.4. The first-order valence-corrected chi connectivity index (χ1v) is 9.44. The van der Waals surface area contributed by atoms with E-state index in [4.69, 9.17) is 9.47 Å². The minimum Gasteiger partial charge on any atom is -0.454 e. The second kappa shape index (κ2) is 8.48. The molecule has 150 valence electrons. The van der Waals surface area contributed by atoms with Crippen molar-refractivity contribution in [2.24, 2.45) is 0 Å². The molecule has 7 nitrogen and oxygen atoms in total. The third-order valence-electron chi connectivity index (χ3n) is 4.99. The van der Waals surface area contributed by atoms with Crippen molar-refractivity contribution < 1.29 is 19.1 Å². The van der Waals surface area contributed by atoms with Crippen LogP contribution in [0.5, 0.6) is 11.5 Å². The summed E-state index contributed by atoms with van der Waals surface area (Å²) in [6.45, 7) is 6.41. The fraction of sp³-hybridized carbons (Fsp3) is 0.429. The number of allylic oxidation sites excluding steroid dienone is 1. The number of ketones is 1. The van der Waals surface area contributed by atoms with Gasteiger partial charge in [0, 0.05) is 29.6 Å². The predicted molar refractivity (Wildman–Crippen MR) is 106 cm³/mol. The molecular formula is C21H27N3O4. The number of rotatable bonds is 7. The molecule has 1 aromatic carbocycles. The van der Waals surface area contributed by atoms with Gasteiger partial charge in [-0.25, -0.2) is 0 Å². The highest BCUT2D eigenvalue weighted by molar-refractivity contribution is 6.00. The van der Waals surface area contributed by atoms with Gasteiger partial charge in [0.1, 0.15) is 0 Å². The first-order chi connectivity index (χ1) is 13.4. The first kappa shape index (κ1) is 19.9. The zero-order valence-electron chi connectivity index (χ0n) is 16.8. The van der Waals surface area contributed by atoms with E-state index >= 15 is 0 Å². The summed E-state index contributed by atoms with van der Waals surface area (Å²) in [4.78, 5) is 29.1. The lowest BCUT2D eigenvalue weighted by Gasteiger charge is -2.26. The topological polar surface area (TPSA) is 71.1 Å². The number of benzene rings is 1. The molecule has 0 aliphatic carbocycles. The van der Waals surface area contributed by atoms with Crippen molar-refractivity contribution in [2.75, 3.05) is 20.5 Å². The molecule has 1 amide bonds. The fourth-order valence-electron chi connectivity index (χ4n) is 2.99. The van der Waals surface area contributed by atoms with Crippen LogP contribution in [0.4, 0.5) is 0 Å². The minimum absolute atomic E-state index is 0.0409. The Labute approximate surface area is 165 Å². The van der Waals surface area contributed by atoms with Gasteiger partial charge >= 0.3 is 0 Å². The van der Waals surface area contributed by atoms with Crippen molar-refractivity contribution in [2.45, 2.75) is 39.3 Å². The molecule has 1 aromatic rings. The summed E-state index contributed by atoms with van der Waals surface area (Å²) in [6.07, 6.45) is 6.44. The largest absolute Gasteiger partial charge is 0.454 e. The number of hydrogen-bond donors (Lipinski definition) is 1. The van der Waals surface area contributed by atoms with E-state index in [-0.39, 0.29) is 25.2 Å². The molecule has 0 saturated heterocycles. The van der Waals surface area contributed by atoms with Gasteiger partial charge in [-0.15, -0.1) is 0 Å². The SMILES string of the molecule is CC(C)N1C=CCC(C(=O)NCN(C)C(C)C(=O)c2ccc3c(c2)OCO3)=C1. The Bertz CT molecular complexity index is 816. The van der Waals surface area contributed by atoms with Gasteiger partial charge in [-0.05, 0) is 52.4 Å². The van der Waals surface area contributed by atoms with Crippen molar-refractivity contribution in [3.05, 3.63) is 47.8 Å². The lowest BCUT2D eigenvalue weighted by molar-refractivity contribution is -0.118. The number of amides is 1. The van der Waals surface area contributed by atoms with Crippen LogP contribution in [-0.2, 0) is 4.79 Å². The molecule has 1 unspecified atom stereocenters. The van der Waals surface area contributed by atoms with E-state index in [0.29, 0.717) is 35.1 Å². The lowest BCUT2D eigenvalue weighted by Crippen LogP contribution is -2.44. The zero-order valence-corrected chi connectivity index (χ0v) is 16.8. The number of nitrogens with one attached hydrogen (secondary N) is 1. The molecule has 2 aliphatic heterocycles. The van der Waals surface area contributed by atoms with Crippen molar-refractivity contribution in [3.8, 4) is 11.5 Å². The van der Waals surface area contributed by atoms with E-state index in [0.717, 1.165) is 0 Å². The summed E-state index contributed by atoms with van der Waals surface area (Å²) >= 11 is 0. The van der Waals surface area contributed by atoms with Crippen molar-refractivity contribution in [1.82, 2.24) is 15.1 Å². The van der Waals surface area contributed by atoms with Gasteiger partial charge in [-0.3, -0.25) is 14.5 Å². The Morgan fingerprint density at radius 1 is 1.21 bits per heavy atom. The molecule has 2 aliphatic rings. The van der Waals surface area contributed by atoms with Crippen LogP contribution < -0.4 is 14.8 Å². The van der Waals surface area contributed by atoms with E-state index < -0.39 is 6.04 Å². The predicted octanol–water partition coefficient (Wildman–Crippen LogP) is 2.50. The van der Waals surface area contributed by atoms with Crippen molar-refractivity contribution >= 4 is 11.7 Å². The number of nitrogens with zero attached hydrogens (tertiary/aromatic N) is 2. The number of likely N-dealkylation sites (N-methyl/N-ethyl adjacent to an activating group) is 1. The molecule has 7 heteroatoms. The van der Waals surface area contributed by atoms with Gasteiger partial charge in [0.25, 0.3) is 0 Å². The summed E-state index contributed by atoms with van der Waals surface area (Å²) in [5.41, 5.74) is 1.27. The van der Waals surface area contributed by atoms with E-state index in [2.05, 4.69) is 19.2 Å². The van der Waals surface area contributed by atoms with E-state index in [1.807, 2.05) is 42.2 Å². The molecule has 0 bridgehead atoms. The average Bonchev–Trinajstić information content (AvgIpc) is 3.18. The van der Waals surface area contributed by atoms with E-state index in [1.165, 1.54) is 0 Å². The van der Waals surface area contributed by atoms with Crippen LogP contribution in [0, 0.1) is 0 Å². The van der Waals surface area contributed by atoms with Gasteiger partial charge in [0.2, 0.25) is 12.7 Å². The van der Waals surface area contributed by atoms with Gasteiger partial charge in [-0.2, -0.15) is 0 Å². The second-order valence-corrected chi connectivity index (χ2v) is 7.31. The Kier molecular flexibility index (Phi) is 6.04. The number of Topliss-reactive ketones (excluding diaryl/α,β-unsaturated/α-hetero) is 1. The smallest absolute Gasteiger partial charge is 0.249 e. The summed E-state index contributed by atoms with van der Waals surface area (Å²) in [5, 5.41) is 2.90. The fourth-order valence-corrected chi connectivity index (χ4v) is 2.99. The molecule has 0 aromatic heterocycles. The third-order valence-corrected chi connectivity index (χ3v) is 4.99. The van der Waals surface area contributed by atoms with Crippen LogP contribution >= 0.6 is 0 Å². The van der Waals surface area contributed by atoms with E-state index in [1.54, 1.807) is 18.2 Å². The molecular weight excluding hydrogens is 358 g/mol. The standard InChI is InChI=1S/C21H27N3O4/c1-14(2)24-9-5-6-17(11-24)21(26)22-12-23(4)15(3)20(25)16-7-8-18-19(10-16)28-13-27-18/h5,7-11,14-15H,6,12-13H2,1-4H3,(H,22,26). The monoisotopic (exact) mass is 385 g/mol. The Morgan fingerprint density at radius 2 is 1.96 bits per heavy atom. The van der Waals surface area contributed by atoms with Crippen LogP contribution in [0.1, 0.15) is 37.6 Å². The average molecular weight is 385 g/mol. The molecule has 0 saturated carbocycles. The van der Waals surface area contributed by atoms with Crippen molar-refractivity contribution in [1.29, 1.82) is 0 Å². The van der Waals surface area contributed by atoms with E-state index in [9.17, 15) is 9.59 Å². The summed E-state index contributed by atoms with van der Waals surface area (Å²) in [7, 11) is 1.81. The third kappa shape index (κ3) is 4.36. The summed E-state index contributed by atoms with van der Waals surface area (Å²) < 4.78 is 10.6. The molecule has 1 N–H and O–H groups in total. The molecule has 2 heterocycles. The summed E-state index contributed by atoms with van der Waals surface area (Å²) in [6, 6.07) is 5.08. The Hall–Kier alpha value is -2.80. The highest BCUT2D eigenvalue weighted by Gasteiger charge is 2.23. The van der Waals surface area contributed by atoms with Gasteiger partial charge in [0.15, 0.2) is 17.3 Å². The highest BCUT2D eigenvalue weighted by atomic mass is 16.7. The Balaban J connectivity index is 1.56. The van der Waals surface area contributed by atoms with Crippen LogP contribution in [0.25, 0.3) is 0 Å². The second-order valence-electron chi connectivity index (χ2n) is 7.31. The van der Waals surface area contributed by atoms with Crippen LogP contribution in [0.15, 0.2) is 42.2 Å². The molecule has 3 rings (SSSR count). The highest BCUT2D eigenvalue weighted by Crippen LogP contribution is 2.32. The van der Waals surface area contributed by atoms with Crippen LogP contribution in [0.3, 0.4) is 0 Å². The quantitative estimate of drug-likeness (QED) is 0.574. The van der Waals surface area contributed by atoms with Gasteiger partial charge in [0.05, 0.1) is 12.7 Å². The molecule has 0 spiro atoms. The maximum absolute atomic E-state index is 12.8. The summed E-state index contributed by atoms with van der Waals surface area (Å²) in [5.74, 6) is 1.07. The maximum atomic E-state index is 12.8. The molecule has 0 fully saturated rings. The van der Waals surface area contributed by atoms with Crippen LogP contribution in [0.2, 0.25) is 0 Å². The first-order valence-electron chi connectivity index (χ1n) is 9.44. The van der Waals surface area contributed by atoms with Crippen molar-refractivity contribution in [3.63, 3.8) is 0 Å². The van der Waals surface area contributed by atoms with Gasteiger partial charge < -0.3 is 19.7 Å². The molecule has 1 atom stereocenters. The number of carbonyl (C=O) groups excluding carboxylic acids is 2. The zero-order chi connectivity index (χ0) is 20.3. The van der Waals surface area contributed by atoms with Gasteiger partial charge in [-0.1, -0.05) is 6.08 Å². The molecule has 0 radical (unpaired) electrons. The maximum Gasteiger partial charge on any atom is 0.249 e. The Morgan fingerprint density at radius 3 is 2.71 bits per heavy atom. The minimum atomic E-state index is -0.395. The molecule has 28 heavy (non-hydrogen) atoms. The number of ether oxygens (including phenoxy) is 2.